The number of nitrogen functional groups attached to an aromatic ring is 1. The molecule has 0 spiro atoms. The second-order valence-electron chi connectivity index (χ2n) is 4.13. The van der Waals surface area contributed by atoms with E-state index < -0.39 is 0 Å². The van der Waals surface area contributed by atoms with E-state index in [4.69, 9.17) is 10.5 Å². The molecule has 1 fully saturated rings. The number of rotatable bonds is 2. The van der Waals surface area contributed by atoms with Crippen LogP contribution in [-0.4, -0.2) is 37.1 Å². The van der Waals surface area contributed by atoms with Gasteiger partial charge in [0, 0.05) is 35.9 Å². The first-order valence-corrected chi connectivity index (χ1v) is 6.28. The van der Waals surface area contributed by atoms with Crippen molar-refractivity contribution in [2.75, 3.05) is 25.9 Å². The minimum Gasteiger partial charge on any atom is -0.398 e. The van der Waals surface area contributed by atoms with Gasteiger partial charge >= 0.3 is 0 Å². The summed E-state index contributed by atoms with van der Waals surface area (Å²) in [5, 5.41) is 0. The van der Waals surface area contributed by atoms with E-state index in [-0.39, 0.29) is 12.0 Å². The summed E-state index contributed by atoms with van der Waals surface area (Å²) >= 11 is 3.33. The van der Waals surface area contributed by atoms with Crippen LogP contribution in [0.2, 0.25) is 0 Å². The van der Waals surface area contributed by atoms with Crippen LogP contribution in [-0.2, 0) is 4.74 Å². The molecule has 1 saturated heterocycles. The third kappa shape index (κ3) is 2.61. The molecule has 0 radical (unpaired) electrons. The number of halogens is 1. The van der Waals surface area contributed by atoms with Crippen LogP contribution in [0, 0.1) is 0 Å². The summed E-state index contributed by atoms with van der Waals surface area (Å²) in [6, 6.07) is 5.25. The van der Waals surface area contributed by atoms with Gasteiger partial charge in [-0.3, -0.25) is 4.79 Å². The van der Waals surface area contributed by atoms with Crippen molar-refractivity contribution in [3.8, 4) is 0 Å². The van der Waals surface area contributed by atoms with Crippen LogP contribution < -0.4 is 5.73 Å². The molecule has 1 atom stereocenters. The predicted molar refractivity (Wildman–Crippen MR) is 69.9 cm³/mol. The number of hydrogen-bond donors (Lipinski definition) is 1. The number of nitrogens with zero attached hydrogens (tertiary/aromatic N) is 1. The molecule has 1 aromatic carbocycles. The average Bonchev–Trinajstić information content (AvgIpc) is 2.80. The van der Waals surface area contributed by atoms with E-state index in [0.717, 1.165) is 17.4 Å². The van der Waals surface area contributed by atoms with Gasteiger partial charge < -0.3 is 15.4 Å². The Morgan fingerprint density at radius 1 is 1.59 bits per heavy atom. The largest absolute Gasteiger partial charge is 0.398 e. The van der Waals surface area contributed by atoms with E-state index in [1.165, 1.54) is 0 Å². The van der Waals surface area contributed by atoms with Crippen LogP contribution in [0.1, 0.15) is 16.8 Å². The monoisotopic (exact) mass is 298 g/mol. The molecule has 4 nitrogen and oxygen atoms in total. The van der Waals surface area contributed by atoms with Gasteiger partial charge in [-0.25, -0.2) is 0 Å². The number of carbonyl (C=O) groups excluding carboxylic acids is 1. The number of amides is 1. The van der Waals surface area contributed by atoms with Crippen molar-refractivity contribution in [3.05, 3.63) is 28.2 Å². The highest BCUT2D eigenvalue weighted by atomic mass is 79.9. The summed E-state index contributed by atoms with van der Waals surface area (Å²) in [5.74, 6) is 0.0326. The van der Waals surface area contributed by atoms with Gasteiger partial charge in [0.05, 0.1) is 6.10 Å². The van der Waals surface area contributed by atoms with Crippen molar-refractivity contribution in [2.45, 2.75) is 12.5 Å². The first-order chi connectivity index (χ1) is 8.11. The van der Waals surface area contributed by atoms with E-state index in [0.29, 0.717) is 17.8 Å². The fourth-order valence-electron chi connectivity index (χ4n) is 1.95. The number of nitrogens with two attached hydrogens (primary N) is 1. The minimum atomic E-state index is 0.0326. The fraction of sp³-hybridized carbons (Fsp3) is 0.417. The van der Waals surface area contributed by atoms with Crippen molar-refractivity contribution < 1.29 is 9.53 Å². The van der Waals surface area contributed by atoms with Crippen LogP contribution in [0.5, 0.6) is 0 Å². The van der Waals surface area contributed by atoms with Gasteiger partial charge in [0.25, 0.3) is 5.91 Å². The molecule has 1 unspecified atom stereocenters. The van der Waals surface area contributed by atoms with Gasteiger partial charge in [0.2, 0.25) is 0 Å². The summed E-state index contributed by atoms with van der Waals surface area (Å²) in [4.78, 5) is 14.0. The van der Waals surface area contributed by atoms with E-state index in [1.54, 1.807) is 25.3 Å². The number of hydrogen-bond acceptors (Lipinski definition) is 3. The number of methoxy groups -OCH3 is 1. The lowest BCUT2D eigenvalue weighted by Crippen LogP contribution is -2.29. The Hall–Kier alpha value is -1.07. The Morgan fingerprint density at radius 2 is 2.35 bits per heavy atom. The topological polar surface area (TPSA) is 55.6 Å². The van der Waals surface area contributed by atoms with Crippen LogP contribution in [0.15, 0.2) is 22.7 Å². The van der Waals surface area contributed by atoms with Gasteiger partial charge in [-0.2, -0.15) is 0 Å². The quantitative estimate of drug-likeness (QED) is 0.849. The molecule has 1 aromatic rings. The van der Waals surface area contributed by atoms with Gasteiger partial charge in [-0.15, -0.1) is 0 Å². The number of ether oxygens (including phenoxy) is 1. The highest BCUT2D eigenvalue weighted by Gasteiger charge is 2.26. The van der Waals surface area contributed by atoms with Crippen LogP contribution >= 0.6 is 15.9 Å². The fourth-order valence-corrected chi connectivity index (χ4v) is 2.33. The number of carbonyl (C=O) groups is 1. The maximum absolute atomic E-state index is 12.2. The third-order valence-electron chi connectivity index (χ3n) is 3.01. The molecule has 1 aliphatic heterocycles. The number of anilines is 1. The molecule has 5 heteroatoms. The Balaban J connectivity index is 2.12. The minimum absolute atomic E-state index is 0.0326. The zero-order valence-electron chi connectivity index (χ0n) is 9.65. The maximum atomic E-state index is 12.2. The highest BCUT2D eigenvalue weighted by Crippen LogP contribution is 2.22. The first kappa shape index (κ1) is 12.4. The van der Waals surface area contributed by atoms with Gasteiger partial charge in [-0.05, 0) is 40.5 Å². The lowest BCUT2D eigenvalue weighted by Gasteiger charge is -2.16. The summed E-state index contributed by atoms with van der Waals surface area (Å²) in [5.41, 5.74) is 6.99. The Kier molecular flexibility index (Phi) is 3.69. The highest BCUT2D eigenvalue weighted by molar-refractivity contribution is 9.10. The van der Waals surface area contributed by atoms with E-state index >= 15 is 0 Å². The van der Waals surface area contributed by atoms with Crippen molar-refractivity contribution in [3.63, 3.8) is 0 Å². The van der Waals surface area contributed by atoms with E-state index in [9.17, 15) is 4.79 Å². The first-order valence-electron chi connectivity index (χ1n) is 5.49. The lowest BCUT2D eigenvalue weighted by atomic mass is 10.2. The smallest absolute Gasteiger partial charge is 0.253 e. The van der Waals surface area contributed by atoms with Crippen molar-refractivity contribution in [1.29, 1.82) is 0 Å². The Morgan fingerprint density at radius 3 is 2.94 bits per heavy atom. The molecule has 0 saturated carbocycles. The van der Waals surface area contributed by atoms with Crippen LogP contribution in [0.3, 0.4) is 0 Å². The summed E-state index contributed by atoms with van der Waals surface area (Å²) in [6.07, 6.45) is 1.06. The van der Waals surface area contributed by atoms with Gasteiger partial charge in [0.15, 0.2) is 0 Å². The zero-order valence-corrected chi connectivity index (χ0v) is 11.2. The second kappa shape index (κ2) is 5.06. The van der Waals surface area contributed by atoms with Crippen molar-refractivity contribution in [1.82, 2.24) is 4.90 Å². The molecule has 1 aliphatic rings. The van der Waals surface area contributed by atoms with Crippen LogP contribution in [0.25, 0.3) is 0 Å². The summed E-state index contributed by atoms with van der Waals surface area (Å²) in [6.45, 7) is 1.41. The molecule has 2 N–H and O–H groups in total. The van der Waals surface area contributed by atoms with E-state index in [1.807, 2.05) is 4.90 Å². The molecule has 0 aliphatic carbocycles. The molecule has 1 heterocycles. The second-order valence-corrected chi connectivity index (χ2v) is 4.99. The van der Waals surface area contributed by atoms with Gasteiger partial charge in [-0.1, -0.05) is 0 Å². The SMILES string of the molecule is COC1CCN(C(=O)c2ccc(N)c(Br)c2)C1. The molecule has 0 bridgehead atoms. The van der Waals surface area contributed by atoms with Crippen molar-refractivity contribution in [2.24, 2.45) is 0 Å². The predicted octanol–water partition coefficient (Wildman–Crippen LogP) is 1.89. The Labute approximate surface area is 109 Å². The zero-order chi connectivity index (χ0) is 12.4. The summed E-state index contributed by atoms with van der Waals surface area (Å²) < 4.78 is 6.00. The standard InChI is InChI=1S/C12H15BrN2O2/c1-17-9-4-5-15(7-9)12(16)8-2-3-11(14)10(13)6-8/h2-3,6,9H,4-5,7,14H2,1H3. The third-order valence-corrected chi connectivity index (χ3v) is 3.70. The number of benzene rings is 1. The molecule has 17 heavy (non-hydrogen) atoms. The lowest BCUT2D eigenvalue weighted by molar-refractivity contribution is 0.0724. The maximum Gasteiger partial charge on any atom is 0.253 e. The molecular formula is C12H15BrN2O2. The van der Waals surface area contributed by atoms with E-state index in [2.05, 4.69) is 15.9 Å². The van der Waals surface area contributed by atoms with Crippen LogP contribution in [0.4, 0.5) is 5.69 Å². The number of likely N-dealkylation sites (tertiary alicyclic amines) is 1. The molecule has 0 aromatic heterocycles. The van der Waals surface area contributed by atoms with Crippen molar-refractivity contribution >= 4 is 27.5 Å². The molecular weight excluding hydrogens is 284 g/mol. The molecule has 2 rings (SSSR count). The van der Waals surface area contributed by atoms with Gasteiger partial charge in [0.1, 0.15) is 0 Å². The Bertz CT molecular complexity index is 437. The summed E-state index contributed by atoms with van der Waals surface area (Å²) in [7, 11) is 1.68. The molecule has 92 valence electrons. The average molecular weight is 299 g/mol. The molecule has 1 amide bonds. The normalized spacial score (nSPS) is 19.6.